The first-order chi connectivity index (χ1) is 18.3. The van der Waals surface area contributed by atoms with Gasteiger partial charge in [-0.25, -0.2) is 0 Å². The van der Waals surface area contributed by atoms with Crippen molar-refractivity contribution in [1.29, 1.82) is 0 Å². The molecule has 1 aliphatic carbocycles. The molecule has 0 saturated heterocycles. The van der Waals surface area contributed by atoms with Gasteiger partial charge in [-0.05, 0) is 53.4 Å². The molecule has 0 spiro atoms. The lowest BCUT2D eigenvalue weighted by Crippen LogP contribution is -2.71. The van der Waals surface area contributed by atoms with Crippen LogP contribution in [0.3, 0.4) is 0 Å². The summed E-state index contributed by atoms with van der Waals surface area (Å²) in [7, 11) is -2.88. The third kappa shape index (κ3) is 4.28. The molecule has 1 saturated carbocycles. The van der Waals surface area contributed by atoms with Crippen LogP contribution in [0.2, 0.25) is 0 Å². The minimum absolute atomic E-state index is 0.518. The fourth-order valence-electron chi connectivity index (χ4n) is 6.26. The highest BCUT2D eigenvalue weighted by Crippen LogP contribution is 2.41. The molecule has 4 aromatic rings. The van der Waals surface area contributed by atoms with E-state index in [1.807, 2.05) is 0 Å². The second kappa shape index (κ2) is 10.4. The van der Waals surface area contributed by atoms with Crippen molar-refractivity contribution in [3.63, 3.8) is 0 Å². The maximum Gasteiger partial charge on any atom is 0.354 e. The third-order valence-electron chi connectivity index (χ3n) is 7.98. The Morgan fingerprint density at radius 2 is 1.11 bits per heavy atom. The van der Waals surface area contributed by atoms with Crippen molar-refractivity contribution in [2.24, 2.45) is 10.6 Å². The summed E-state index contributed by atoms with van der Waals surface area (Å²) in [5.41, 5.74) is 6.44. The highest BCUT2D eigenvalue weighted by Gasteiger charge is 2.50. The molecule has 184 valence electrons. The molecule has 2 aliphatic rings. The quantitative estimate of drug-likeness (QED) is 0.265. The predicted octanol–water partition coefficient (Wildman–Crippen LogP) is 7.22. The summed E-state index contributed by atoms with van der Waals surface area (Å²) in [6.45, 7) is 2.32. The van der Waals surface area contributed by atoms with E-state index in [-0.39, 0.29) is 0 Å². The molecule has 0 atom stereocenters. The zero-order chi connectivity index (χ0) is 25.1. The molecule has 3 heteroatoms. The van der Waals surface area contributed by atoms with Crippen LogP contribution in [0.1, 0.15) is 44.6 Å². The molecule has 0 bridgehead atoms. The number of hydrogen-bond acceptors (Lipinski definition) is 2. The summed E-state index contributed by atoms with van der Waals surface area (Å²) in [4.78, 5) is 0. The Morgan fingerprint density at radius 1 is 0.622 bits per heavy atom. The van der Waals surface area contributed by atoms with Crippen molar-refractivity contribution in [1.82, 2.24) is 0 Å². The monoisotopic (exact) mass is 498 g/mol. The molecule has 0 amide bonds. The van der Waals surface area contributed by atoms with Crippen LogP contribution in [0.4, 0.5) is 5.69 Å². The van der Waals surface area contributed by atoms with Gasteiger partial charge < -0.3 is 4.57 Å². The Kier molecular flexibility index (Phi) is 6.63. The summed E-state index contributed by atoms with van der Waals surface area (Å²) in [6.07, 6.45) is 6.40. The number of allylic oxidation sites excluding steroid dienone is 1. The maximum atomic E-state index is 6.02. The fourth-order valence-corrected chi connectivity index (χ4v) is 10.6. The Morgan fingerprint density at radius 3 is 1.65 bits per heavy atom. The summed E-state index contributed by atoms with van der Waals surface area (Å²) >= 11 is 0. The van der Waals surface area contributed by atoms with Crippen molar-refractivity contribution in [2.45, 2.75) is 39.0 Å². The van der Waals surface area contributed by atoms with Gasteiger partial charge in [0, 0.05) is 23.0 Å². The van der Waals surface area contributed by atoms with Gasteiger partial charge in [-0.3, -0.25) is 4.66 Å². The van der Waals surface area contributed by atoms with Crippen LogP contribution in [-0.2, 0) is 0 Å². The number of rotatable bonds is 5. The normalized spacial score (nSPS) is 18.0. The first kappa shape index (κ1) is 23.7. The van der Waals surface area contributed by atoms with Crippen molar-refractivity contribution in [3.8, 4) is 0 Å². The van der Waals surface area contributed by atoms with Crippen molar-refractivity contribution in [3.05, 3.63) is 132 Å². The van der Waals surface area contributed by atoms with Crippen molar-refractivity contribution < 1.29 is 0 Å². The molecule has 1 heterocycles. The van der Waals surface area contributed by atoms with E-state index in [2.05, 4.69) is 133 Å². The Balaban J connectivity index is 1.73. The number of para-hydroxylation sites is 1. The highest BCUT2D eigenvalue weighted by atomic mass is 28.3. The van der Waals surface area contributed by atoms with Gasteiger partial charge in [0.25, 0.3) is 0 Å². The molecule has 0 unspecified atom stereocenters. The lowest BCUT2D eigenvalue weighted by Gasteiger charge is -2.47. The number of nitrogens with zero attached hydrogens (tertiary/aromatic N) is 2. The lowest BCUT2D eigenvalue weighted by molar-refractivity contribution is 0.439. The summed E-state index contributed by atoms with van der Waals surface area (Å²) in [5, 5.41) is 2.64. The van der Waals surface area contributed by atoms with Gasteiger partial charge in [-0.15, -0.1) is 0 Å². The van der Waals surface area contributed by atoms with Gasteiger partial charge in [-0.1, -0.05) is 128 Å². The van der Waals surface area contributed by atoms with Crippen LogP contribution in [0.25, 0.3) is 5.70 Å². The molecular weight excluding hydrogens is 464 g/mol. The van der Waals surface area contributed by atoms with Gasteiger partial charge in [0.1, 0.15) is 0 Å². The summed E-state index contributed by atoms with van der Waals surface area (Å²) < 4.78 is 8.65. The van der Waals surface area contributed by atoms with E-state index in [4.69, 9.17) is 4.66 Å². The number of anilines is 1. The Hall–Kier alpha value is -3.69. The second-order valence-electron chi connectivity index (χ2n) is 10.2. The van der Waals surface area contributed by atoms with E-state index in [0.29, 0.717) is 5.92 Å². The Bertz CT molecular complexity index is 1350. The van der Waals surface area contributed by atoms with E-state index >= 15 is 0 Å². The molecule has 0 radical (unpaired) electrons. The van der Waals surface area contributed by atoms with Crippen LogP contribution < -0.4 is 14.9 Å². The zero-order valence-corrected chi connectivity index (χ0v) is 22.6. The first-order valence-corrected chi connectivity index (χ1v) is 15.5. The van der Waals surface area contributed by atoms with Gasteiger partial charge >= 0.3 is 8.40 Å². The zero-order valence-electron chi connectivity index (χ0n) is 21.6. The van der Waals surface area contributed by atoms with Crippen LogP contribution in [0, 0.1) is 5.92 Å². The predicted molar refractivity (Wildman–Crippen MR) is 160 cm³/mol. The summed E-state index contributed by atoms with van der Waals surface area (Å²) in [6, 6.07) is 44.1. The van der Waals surface area contributed by atoms with E-state index in [0.717, 1.165) is 0 Å². The lowest BCUT2D eigenvalue weighted by atomic mass is 9.82. The molecule has 4 aromatic carbocycles. The number of benzene rings is 4. The van der Waals surface area contributed by atoms with E-state index in [9.17, 15) is 0 Å². The fraction of sp³-hybridized carbons (Fsp3) is 0.206. The van der Waals surface area contributed by atoms with Gasteiger partial charge in [0.2, 0.25) is 0 Å². The topological polar surface area (TPSA) is 15.6 Å². The number of hydrogen-bond donors (Lipinski definition) is 0. The molecule has 1 aliphatic heterocycles. The molecule has 37 heavy (non-hydrogen) atoms. The second-order valence-corrected chi connectivity index (χ2v) is 13.4. The largest absolute Gasteiger partial charge is 0.354 e. The van der Waals surface area contributed by atoms with Gasteiger partial charge in [-0.2, -0.15) is 0 Å². The minimum Gasteiger partial charge on any atom is -0.342 e. The van der Waals surface area contributed by atoms with Crippen LogP contribution >= 0.6 is 0 Å². The average molecular weight is 499 g/mol. The van der Waals surface area contributed by atoms with Crippen LogP contribution in [-0.4, -0.2) is 14.1 Å². The van der Waals surface area contributed by atoms with E-state index in [1.165, 1.54) is 70.7 Å². The molecule has 6 rings (SSSR count). The van der Waals surface area contributed by atoms with Crippen molar-refractivity contribution in [2.75, 3.05) is 4.57 Å². The van der Waals surface area contributed by atoms with Crippen LogP contribution in [0.5, 0.6) is 0 Å². The third-order valence-corrected chi connectivity index (χ3v) is 11.9. The molecule has 2 nitrogen and oxygen atoms in total. The minimum atomic E-state index is -2.88. The maximum absolute atomic E-state index is 6.02. The van der Waals surface area contributed by atoms with Gasteiger partial charge in [0.05, 0.1) is 0 Å². The summed E-state index contributed by atoms with van der Waals surface area (Å²) in [5.74, 6) is 0.518. The molecule has 1 fully saturated rings. The van der Waals surface area contributed by atoms with Gasteiger partial charge in [0.15, 0.2) is 0 Å². The van der Waals surface area contributed by atoms with E-state index < -0.39 is 8.40 Å². The smallest absolute Gasteiger partial charge is 0.342 e. The molecule has 0 aromatic heterocycles. The van der Waals surface area contributed by atoms with Crippen LogP contribution in [0.15, 0.2) is 132 Å². The highest BCUT2D eigenvalue weighted by molar-refractivity contribution is 7.05. The van der Waals surface area contributed by atoms with E-state index in [1.54, 1.807) is 0 Å². The average Bonchev–Trinajstić information content (AvgIpc) is 2.99. The molecule has 0 N–H and O–H groups in total. The van der Waals surface area contributed by atoms with Crippen molar-refractivity contribution >= 4 is 35.9 Å². The molecular formula is C34H34N2Si. The standard InChI is InChI=1S/C34H34N2Si/c1-27-33(28-17-7-2-8-18-28)35-37(31-23-13-5-14-24-31,32-25-15-6-16-26-32)36(30-21-11-4-12-22-30)34(27)29-19-9-3-10-20-29/h3-6,9-16,19-26,28H,2,7-8,17-18H2,1H3. The first-order valence-electron chi connectivity index (χ1n) is 13.6. The SMILES string of the molecule is CC1=C(c2ccccc2)N(c2ccccc2)[Si](c2ccccc2)(c2ccccc2)N=C1C1CCCCC1. The Labute approximate surface area is 222 Å².